The molecule has 2 bridgehead atoms. The highest BCUT2D eigenvalue weighted by atomic mass is 79.9. The lowest BCUT2D eigenvalue weighted by molar-refractivity contribution is -0.199. The largest absolute Gasteiger partial charge is 0.469 e. The number of carbonyl (C=O) groups is 2. The van der Waals surface area contributed by atoms with Gasteiger partial charge in [0.25, 0.3) is 0 Å². The van der Waals surface area contributed by atoms with E-state index < -0.39 is 11.0 Å². The lowest BCUT2D eigenvalue weighted by atomic mass is 9.39. The molecule has 3 saturated carbocycles. The third-order valence-electron chi connectivity index (χ3n) is 6.66. The lowest BCUT2D eigenvalue weighted by Gasteiger charge is -2.68. The lowest BCUT2D eigenvalue weighted by Crippen LogP contribution is -2.78. The van der Waals surface area contributed by atoms with Gasteiger partial charge in [-0.25, -0.2) is 4.79 Å². The Balaban J connectivity index is 1.78. The summed E-state index contributed by atoms with van der Waals surface area (Å²) in [5.41, 5.74) is -0.780. The van der Waals surface area contributed by atoms with Gasteiger partial charge in [0.15, 0.2) is 0 Å². The Kier molecular flexibility index (Phi) is 5.98. The Morgan fingerprint density at radius 3 is 2.45 bits per heavy atom. The number of ether oxygens (including phenoxy) is 1. The summed E-state index contributed by atoms with van der Waals surface area (Å²) in [7, 11) is 1.39. The van der Waals surface area contributed by atoms with Gasteiger partial charge >= 0.3 is 12.0 Å². The number of rotatable bonds is 7. The summed E-state index contributed by atoms with van der Waals surface area (Å²) < 4.78 is 5.63. The van der Waals surface area contributed by atoms with Crippen LogP contribution in [-0.2, 0) is 15.1 Å². The van der Waals surface area contributed by atoms with Gasteiger partial charge in [-0.3, -0.25) is 4.79 Å². The van der Waals surface area contributed by atoms with E-state index in [0.717, 1.165) is 10.0 Å². The minimum atomic E-state index is -0.832. The van der Waals surface area contributed by atoms with Crippen molar-refractivity contribution in [2.75, 3.05) is 13.7 Å². The standard InChI is InChI=1S/C21H28BrClN2O4/c1-12(2)14(8-26)19(3,13-5-6-15(22)16(23)7-13)24-18(28)25-21-9-20(10-21,11-21)17(27)29-4/h5-7,12,14,26H,8-11H2,1-4H3,(H2,24,25,28). The van der Waals surface area contributed by atoms with Crippen LogP contribution in [0, 0.1) is 17.3 Å². The summed E-state index contributed by atoms with van der Waals surface area (Å²) >= 11 is 9.70. The minimum absolute atomic E-state index is 0.0846. The number of aliphatic hydroxyl groups is 1. The van der Waals surface area contributed by atoms with Crippen LogP contribution in [0.2, 0.25) is 5.02 Å². The van der Waals surface area contributed by atoms with Crippen LogP contribution in [0.1, 0.15) is 45.6 Å². The Morgan fingerprint density at radius 2 is 1.97 bits per heavy atom. The predicted octanol–water partition coefficient (Wildman–Crippen LogP) is 3.98. The first-order valence-electron chi connectivity index (χ1n) is 9.76. The molecule has 3 N–H and O–H groups in total. The molecular weight excluding hydrogens is 460 g/mol. The molecule has 1 aromatic carbocycles. The van der Waals surface area contributed by atoms with Gasteiger partial charge in [-0.15, -0.1) is 0 Å². The van der Waals surface area contributed by atoms with Crippen LogP contribution in [0.4, 0.5) is 4.79 Å². The highest BCUT2D eigenvalue weighted by Crippen LogP contribution is 2.67. The first kappa shape index (κ1) is 22.4. The van der Waals surface area contributed by atoms with Crippen molar-refractivity contribution >= 4 is 39.5 Å². The number of amides is 2. The van der Waals surface area contributed by atoms with Crippen LogP contribution in [-0.4, -0.2) is 36.4 Å². The number of hydrogen-bond donors (Lipinski definition) is 3. The predicted molar refractivity (Wildman–Crippen MR) is 115 cm³/mol. The second kappa shape index (κ2) is 7.75. The van der Waals surface area contributed by atoms with E-state index in [1.807, 2.05) is 39.0 Å². The third-order valence-corrected chi connectivity index (χ3v) is 7.90. The molecule has 0 saturated heterocycles. The van der Waals surface area contributed by atoms with E-state index in [4.69, 9.17) is 16.3 Å². The second-order valence-corrected chi connectivity index (χ2v) is 10.3. The molecule has 3 fully saturated rings. The number of benzene rings is 1. The van der Waals surface area contributed by atoms with Crippen molar-refractivity contribution in [2.45, 2.75) is 51.1 Å². The molecule has 0 spiro atoms. The van der Waals surface area contributed by atoms with Crippen LogP contribution in [0.3, 0.4) is 0 Å². The summed E-state index contributed by atoms with van der Waals surface area (Å²) in [6.07, 6.45) is 1.82. The maximum absolute atomic E-state index is 12.9. The Hall–Kier alpha value is -1.31. The molecule has 0 aliphatic heterocycles. The van der Waals surface area contributed by atoms with Gasteiger partial charge in [0.05, 0.1) is 23.1 Å². The van der Waals surface area contributed by atoms with E-state index in [-0.39, 0.29) is 36.0 Å². The molecule has 3 aliphatic rings. The third kappa shape index (κ3) is 3.77. The molecule has 4 rings (SSSR count). The highest BCUT2D eigenvalue weighted by Gasteiger charge is 2.73. The zero-order valence-electron chi connectivity index (χ0n) is 17.1. The topological polar surface area (TPSA) is 87.7 Å². The molecular formula is C21H28BrClN2O4. The van der Waals surface area contributed by atoms with Crippen LogP contribution in [0.15, 0.2) is 22.7 Å². The smallest absolute Gasteiger partial charge is 0.315 e. The second-order valence-electron chi connectivity index (χ2n) is 9.03. The minimum Gasteiger partial charge on any atom is -0.469 e. The van der Waals surface area contributed by atoms with Crippen LogP contribution < -0.4 is 10.6 Å². The number of esters is 1. The van der Waals surface area contributed by atoms with Crippen molar-refractivity contribution in [3.63, 3.8) is 0 Å². The number of hydrogen-bond acceptors (Lipinski definition) is 4. The van der Waals surface area contributed by atoms with Crippen molar-refractivity contribution in [1.29, 1.82) is 0 Å². The normalized spacial score (nSPS) is 27.9. The first-order valence-corrected chi connectivity index (χ1v) is 10.9. The molecule has 8 heteroatoms. The quantitative estimate of drug-likeness (QED) is 0.508. The van der Waals surface area contributed by atoms with E-state index in [1.165, 1.54) is 7.11 Å². The summed E-state index contributed by atoms with van der Waals surface area (Å²) in [6, 6.07) is 5.23. The zero-order valence-corrected chi connectivity index (χ0v) is 19.5. The van der Waals surface area contributed by atoms with Gasteiger partial charge < -0.3 is 20.5 Å². The van der Waals surface area contributed by atoms with Crippen molar-refractivity contribution < 1.29 is 19.4 Å². The summed E-state index contributed by atoms with van der Waals surface area (Å²) in [5, 5.41) is 16.8. The molecule has 160 valence electrons. The molecule has 2 amide bonds. The van der Waals surface area contributed by atoms with Crippen molar-refractivity contribution in [3.05, 3.63) is 33.3 Å². The van der Waals surface area contributed by atoms with E-state index in [1.54, 1.807) is 0 Å². The Morgan fingerprint density at radius 1 is 1.34 bits per heavy atom. The molecule has 3 aliphatic carbocycles. The number of halogens is 2. The maximum atomic E-state index is 12.9. The van der Waals surface area contributed by atoms with Gasteiger partial charge in [-0.2, -0.15) is 0 Å². The molecule has 1 aromatic rings. The summed E-state index contributed by atoms with van der Waals surface area (Å²) in [6.45, 7) is 5.85. The average molecular weight is 488 g/mol. The first-order chi connectivity index (χ1) is 13.5. The van der Waals surface area contributed by atoms with Crippen molar-refractivity contribution in [3.8, 4) is 0 Å². The van der Waals surface area contributed by atoms with Crippen molar-refractivity contribution in [1.82, 2.24) is 10.6 Å². The molecule has 0 radical (unpaired) electrons. The molecule has 2 atom stereocenters. The number of carbonyl (C=O) groups excluding carboxylic acids is 2. The summed E-state index contributed by atoms with van der Waals surface area (Å²) in [4.78, 5) is 24.8. The van der Waals surface area contributed by atoms with Crippen molar-refractivity contribution in [2.24, 2.45) is 17.3 Å². The summed E-state index contributed by atoms with van der Waals surface area (Å²) in [5.74, 6) is -0.304. The van der Waals surface area contributed by atoms with Crippen LogP contribution in [0.25, 0.3) is 0 Å². The zero-order chi connectivity index (χ0) is 21.6. The van der Waals surface area contributed by atoms with E-state index in [9.17, 15) is 14.7 Å². The molecule has 29 heavy (non-hydrogen) atoms. The Labute approximate surface area is 184 Å². The van der Waals surface area contributed by atoms with E-state index in [2.05, 4.69) is 26.6 Å². The number of nitrogens with one attached hydrogen (secondary N) is 2. The molecule has 0 heterocycles. The fourth-order valence-electron chi connectivity index (χ4n) is 5.12. The molecule has 2 unspecified atom stereocenters. The van der Waals surface area contributed by atoms with E-state index >= 15 is 0 Å². The fourth-order valence-corrected chi connectivity index (χ4v) is 5.55. The average Bonchev–Trinajstić information content (AvgIpc) is 2.58. The fraction of sp³-hybridized carbons (Fsp3) is 0.619. The SMILES string of the molecule is COC(=O)C12CC(NC(=O)NC(C)(c3ccc(Br)c(Cl)c3)C(CO)C(C)C)(C1)C2. The molecule has 0 aromatic heterocycles. The highest BCUT2D eigenvalue weighted by molar-refractivity contribution is 9.10. The van der Waals surface area contributed by atoms with Gasteiger partial charge in [0, 0.05) is 22.5 Å². The number of aliphatic hydroxyl groups excluding tert-OH is 1. The Bertz CT molecular complexity index is 811. The number of methoxy groups -OCH3 is 1. The van der Waals surface area contributed by atoms with Crippen LogP contribution >= 0.6 is 27.5 Å². The molecule has 6 nitrogen and oxygen atoms in total. The van der Waals surface area contributed by atoms with Gasteiger partial charge in [-0.05, 0) is 65.7 Å². The van der Waals surface area contributed by atoms with E-state index in [0.29, 0.717) is 24.3 Å². The van der Waals surface area contributed by atoms with Gasteiger partial charge in [0.2, 0.25) is 0 Å². The number of urea groups is 1. The maximum Gasteiger partial charge on any atom is 0.315 e. The monoisotopic (exact) mass is 486 g/mol. The van der Waals surface area contributed by atoms with Crippen LogP contribution in [0.5, 0.6) is 0 Å². The van der Waals surface area contributed by atoms with Gasteiger partial charge in [0.1, 0.15) is 0 Å². The van der Waals surface area contributed by atoms with Gasteiger partial charge in [-0.1, -0.05) is 31.5 Å².